The minimum absolute atomic E-state index is 0.0906. The van der Waals surface area contributed by atoms with Gasteiger partial charge < -0.3 is 14.8 Å². The van der Waals surface area contributed by atoms with Crippen LogP contribution in [0.25, 0.3) is 0 Å². The second-order valence-corrected chi connectivity index (χ2v) is 6.08. The molecule has 0 aromatic heterocycles. The van der Waals surface area contributed by atoms with E-state index in [1.165, 1.54) is 19.1 Å². The monoisotopic (exact) mass is 395 g/mol. The summed E-state index contributed by atoms with van der Waals surface area (Å²) in [5.74, 6) is -1.16. The fourth-order valence-electron chi connectivity index (χ4n) is 2.33. The van der Waals surface area contributed by atoms with Crippen LogP contribution in [0.15, 0.2) is 48.5 Å². The Labute approximate surface area is 160 Å². The van der Waals surface area contributed by atoms with E-state index in [1.807, 2.05) is 6.92 Å². The first-order valence-electron chi connectivity index (χ1n) is 8.48. The fraction of sp³-hybridized carbons (Fsp3) is 0.300. The van der Waals surface area contributed by atoms with Gasteiger partial charge in [0.1, 0.15) is 12.4 Å². The van der Waals surface area contributed by atoms with Crippen molar-refractivity contribution in [1.82, 2.24) is 5.32 Å². The summed E-state index contributed by atoms with van der Waals surface area (Å²) >= 11 is 0. The lowest BCUT2D eigenvalue weighted by molar-refractivity contribution is -0.152. The van der Waals surface area contributed by atoms with Crippen LogP contribution in [0.4, 0.5) is 13.2 Å². The van der Waals surface area contributed by atoms with Gasteiger partial charge in [0.15, 0.2) is 0 Å². The third-order valence-corrected chi connectivity index (χ3v) is 3.73. The Bertz CT molecular complexity index is 819. The van der Waals surface area contributed by atoms with Crippen molar-refractivity contribution < 1.29 is 32.2 Å². The van der Waals surface area contributed by atoms with Crippen molar-refractivity contribution in [2.75, 3.05) is 13.2 Å². The number of benzene rings is 2. The van der Waals surface area contributed by atoms with E-state index in [-0.39, 0.29) is 24.8 Å². The highest BCUT2D eigenvalue weighted by atomic mass is 19.4. The maximum absolute atomic E-state index is 12.9. The van der Waals surface area contributed by atoms with Gasteiger partial charge >= 0.3 is 12.1 Å². The van der Waals surface area contributed by atoms with Gasteiger partial charge in [0.05, 0.1) is 12.1 Å². The molecule has 0 radical (unpaired) electrons. The van der Waals surface area contributed by atoms with E-state index in [9.17, 15) is 22.8 Å². The molecule has 5 nitrogen and oxygen atoms in total. The van der Waals surface area contributed by atoms with Crippen LogP contribution in [-0.4, -0.2) is 25.0 Å². The molecule has 2 aromatic rings. The zero-order chi connectivity index (χ0) is 20.7. The standard InChI is InChI=1S/C20H20F3NO4/c1-13-6-8-15(9-7-13)18(19(26)27-11-10-24-14(2)25)28-17-5-3-4-16(12-17)20(21,22)23/h3-9,12,18H,10-11H2,1-2H3,(H,24,25). The minimum Gasteiger partial charge on any atom is -0.474 e. The molecule has 0 saturated carbocycles. The molecule has 2 aromatic carbocycles. The number of amides is 1. The molecule has 1 N–H and O–H groups in total. The van der Waals surface area contributed by atoms with Crippen LogP contribution < -0.4 is 10.1 Å². The summed E-state index contributed by atoms with van der Waals surface area (Å²) in [5, 5.41) is 2.48. The highest BCUT2D eigenvalue weighted by molar-refractivity contribution is 5.77. The molecule has 0 aliphatic carbocycles. The summed E-state index contributed by atoms with van der Waals surface area (Å²) in [5.41, 5.74) is 0.500. The quantitative estimate of drug-likeness (QED) is 0.572. The number of carbonyl (C=O) groups excluding carboxylic acids is 2. The molecular formula is C20H20F3NO4. The Morgan fingerprint density at radius 3 is 2.39 bits per heavy atom. The first-order valence-corrected chi connectivity index (χ1v) is 8.48. The Hall–Kier alpha value is -3.03. The third kappa shape index (κ3) is 6.29. The summed E-state index contributed by atoms with van der Waals surface area (Å²) in [4.78, 5) is 23.3. The molecule has 1 atom stereocenters. The van der Waals surface area contributed by atoms with Crippen LogP contribution in [0.3, 0.4) is 0 Å². The molecule has 0 saturated heterocycles. The average Bonchev–Trinajstić information content (AvgIpc) is 2.63. The molecule has 0 aliphatic rings. The summed E-state index contributed by atoms with van der Waals surface area (Å²) in [7, 11) is 0. The molecule has 28 heavy (non-hydrogen) atoms. The van der Waals surface area contributed by atoms with E-state index in [2.05, 4.69) is 5.32 Å². The Morgan fingerprint density at radius 1 is 1.11 bits per heavy atom. The molecule has 1 unspecified atom stereocenters. The topological polar surface area (TPSA) is 64.6 Å². The van der Waals surface area contributed by atoms with Crippen molar-refractivity contribution in [3.63, 3.8) is 0 Å². The molecule has 150 valence electrons. The molecule has 2 rings (SSSR count). The van der Waals surface area contributed by atoms with Crippen molar-refractivity contribution in [2.45, 2.75) is 26.1 Å². The number of hydrogen-bond donors (Lipinski definition) is 1. The number of halogens is 3. The molecule has 0 spiro atoms. The highest BCUT2D eigenvalue weighted by Crippen LogP contribution is 2.33. The molecule has 0 fully saturated rings. The van der Waals surface area contributed by atoms with E-state index in [1.54, 1.807) is 24.3 Å². The molecule has 8 heteroatoms. The smallest absolute Gasteiger partial charge is 0.416 e. The normalized spacial score (nSPS) is 12.2. The largest absolute Gasteiger partial charge is 0.474 e. The predicted octanol–water partition coefficient (Wildman–Crippen LogP) is 3.81. The van der Waals surface area contributed by atoms with Crippen molar-refractivity contribution in [1.29, 1.82) is 0 Å². The SMILES string of the molecule is CC(=O)NCCOC(=O)C(Oc1cccc(C(F)(F)F)c1)c1ccc(C)cc1. The van der Waals surface area contributed by atoms with Crippen molar-refractivity contribution in [3.8, 4) is 5.75 Å². The lowest BCUT2D eigenvalue weighted by Gasteiger charge is -2.19. The van der Waals surface area contributed by atoms with Crippen LogP contribution in [0.1, 0.15) is 29.7 Å². The van der Waals surface area contributed by atoms with Gasteiger partial charge in [-0.05, 0) is 25.1 Å². The number of esters is 1. The zero-order valence-electron chi connectivity index (χ0n) is 15.4. The van der Waals surface area contributed by atoms with Gasteiger partial charge in [-0.1, -0.05) is 35.9 Å². The average molecular weight is 395 g/mol. The molecule has 0 bridgehead atoms. The Kier molecular flexibility index (Phi) is 7.03. The maximum atomic E-state index is 12.9. The van der Waals surface area contributed by atoms with Gasteiger partial charge in [-0.15, -0.1) is 0 Å². The second-order valence-electron chi connectivity index (χ2n) is 6.08. The Morgan fingerprint density at radius 2 is 1.79 bits per heavy atom. The zero-order valence-corrected chi connectivity index (χ0v) is 15.4. The van der Waals surface area contributed by atoms with Gasteiger partial charge in [0, 0.05) is 12.5 Å². The van der Waals surface area contributed by atoms with Gasteiger partial charge in [0.25, 0.3) is 0 Å². The van der Waals surface area contributed by atoms with Crippen LogP contribution in [0, 0.1) is 6.92 Å². The van der Waals surface area contributed by atoms with E-state index < -0.39 is 23.8 Å². The summed E-state index contributed by atoms with van der Waals surface area (Å²) in [6.07, 6.45) is -5.78. The number of aryl methyl sites for hydroxylation is 1. The van der Waals surface area contributed by atoms with Gasteiger partial charge in [-0.3, -0.25) is 4.79 Å². The highest BCUT2D eigenvalue weighted by Gasteiger charge is 2.31. The molecular weight excluding hydrogens is 375 g/mol. The number of rotatable bonds is 7. The summed E-state index contributed by atoms with van der Waals surface area (Å²) < 4.78 is 49.4. The number of alkyl halides is 3. The molecule has 0 heterocycles. The first-order chi connectivity index (χ1) is 13.2. The Balaban J connectivity index is 2.20. The number of ether oxygens (including phenoxy) is 2. The van der Waals surface area contributed by atoms with E-state index in [0.717, 1.165) is 17.7 Å². The van der Waals surface area contributed by atoms with Crippen LogP contribution >= 0.6 is 0 Å². The van der Waals surface area contributed by atoms with Gasteiger partial charge in [0.2, 0.25) is 12.0 Å². The van der Waals surface area contributed by atoms with Crippen molar-refractivity contribution in [3.05, 3.63) is 65.2 Å². The molecule has 0 aliphatic heterocycles. The van der Waals surface area contributed by atoms with E-state index in [4.69, 9.17) is 9.47 Å². The van der Waals surface area contributed by atoms with E-state index >= 15 is 0 Å². The van der Waals surface area contributed by atoms with Crippen LogP contribution in [-0.2, 0) is 20.5 Å². The van der Waals surface area contributed by atoms with Crippen LogP contribution in [0.2, 0.25) is 0 Å². The van der Waals surface area contributed by atoms with Crippen LogP contribution in [0.5, 0.6) is 5.75 Å². The lowest BCUT2D eigenvalue weighted by Crippen LogP contribution is -2.28. The van der Waals surface area contributed by atoms with Crippen molar-refractivity contribution in [2.24, 2.45) is 0 Å². The number of hydrogen-bond acceptors (Lipinski definition) is 4. The molecule has 1 amide bonds. The second kappa shape index (κ2) is 9.25. The summed E-state index contributed by atoms with van der Waals surface area (Å²) in [6, 6.07) is 11.1. The predicted molar refractivity (Wildman–Crippen MR) is 95.6 cm³/mol. The fourth-order valence-corrected chi connectivity index (χ4v) is 2.33. The van der Waals surface area contributed by atoms with Gasteiger partial charge in [-0.25, -0.2) is 4.79 Å². The van der Waals surface area contributed by atoms with Gasteiger partial charge in [-0.2, -0.15) is 13.2 Å². The maximum Gasteiger partial charge on any atom is 0.416 e. The van der Waals surface area contributed by atoms with Crippen molar-refractivity contribution >= 4 is 11.9 Å². The third-order valence-electron chi connectivity index (χ3n) is 3.73. The minimum atomic E-state index is -4.53. The summed E-state index contributed by atoms with van der Waals surface area (Å²) in [6.45, 7) is 3.21. The number of carbonyl (C=O) groups is 2. The first kappa shape index (κ1) is 21.3. The van der Waals surface area contributed by atoms with E-state index in [0.29, 0.717) is 5.56 Å². The number of nitrogens with one attached hydrogen (secondary N) is 1. The lowest BCUT2D eigenvalue weighted by atomic mass is 10.1.